The lowest BCUT2D eigenvalue weighted by molar-refractivity contribution is -0.149. The number of esters is 2. The van der Waals surface area contributed by atoms with Gasteiger partial charge in [-0.15, -0.1) is 0 Å². The molecule has 1 fully saturated rings. The molecule has 26 heavy (non-hydrogen) atoms. The van der Waals surface area contributed by atoms with E-state index in [0.29, 0.717) is 11.1 Å². The van der Waals surface area contributed by atoms with Gasteiger partial charge < -0.3 is 9.30 Å². The summed E-state index contributed by atoms with van der Waals surface area (Å²) in [6.45, 7) is 11.6. The molecule has 134 valence electrons. The summed E-state index contributed by atoms with van der Waals surface area (Å²) in [4.78, 5) is 24.3. The molecule has 1 saturated heterocycles. The lowest BCUT2D eigenvalue weighted by Crippen LogP contribution is -2.02. The van der Waals surface area contributed by atoms with E-state index < -0.39 is 11.9 Å². The number of nitrogens with zero attached hydrogens (tertiary/aromatic N) is 1. The zero-order valence-corrected chi connectivity index (χ0v) is 16.1. The maximum Gasteiger partial charge on any atom is 0.347 e. The van der Waals surface area contributed by atoms with Crippen molar-refractivity contribution < 1.29 is 14.3 Å². The second kappa shape index (κ2) is 6.45. The Bertz CT molecular complexity index is 981. The number of cyclic esters (lactones) is 2. The van der Waals surface area contributed by atoms with Crippen molar-refractivity contribution in [3.8, 4) is 5.69 Å². The van der Waals surface area contributed by atoms with Crippen LogP contribution in [0.2, 0.25) is 0 Å². The molecule has 0 saturated carbocycles. The number of aryl methyl sites for hydroxylation is 2. The quantitative estimate of drug-likeness (QED) is 0.452. The van der Waals surface area contributed by atoms with E-state index in [1.165, 1.54) is 5.56 Å². The van der Waals surface area contributed by atoms with E-state index in [0.717, 1.165) is 33.8 Å². The van der Waals surface area contributed by atoms with Gasteiger partial charge in [0, 0.05) is 17.1 Å². The van der Waals surface area contributed by atoms with Crippen molar-refractivity contribution in [2.45, 2.75) is 41.5 Å². The Labute approximate surface area is 153 Å². The Morgan fingerprint density at radius 2 is 1.46 bits per heavy atom. The third-order valence-corrected chi connectivity index (χ3v) is 4.85. The van der Waals surface area contributed by atoms with Crippen LogP contribution in [0.15, 0.2) is 47.1 Å². The van der Waals surface area contributed by atoms with Gasteiger partial charge in [-0.3, -0.25) is 0 Å². The molecule has 0 atom stereocenters. The normalized spacial score (nSPS) is 16.2. The zero-order valence-electron chi connectivity index (χ0n) is 16.1. The summed E-state index contributed by atoms with van der Waals surface area (Å²) in [5.74, 6) is -1.12. The molecule has 4 nitrogen and oxygen atoms in total. The van der Waals surface area contributed by atoms with Crippen LogP contribution in [-0.4, -0.2) is 16.5 Å². The van der Waals surface area contributed by atoms with Crippen LogP contribution in [0, 0.1) is 20.8 Å². The Kier molecular flexibility index (Phi) is 4.45. The molecule has 2 heterocycles. The first-order valence-electron chi connectivity index (χ1n) is 8.64. The third-order valence-electron chi connectivity index (χ3n) is 4.85. The average molecular weight is 349 g/mol. The number of rotatable bonds is 2. The van der Waals surface area contributed by atoms with Crippen molar-refractivity contribution in [2.24, 2.45) is 0 Å². The van der Waals surface area contributed by atoms with Crippen LogP contribution in [0.25, 0.3) is 11.3 Å². The maximum absolute atomic E-state index is 12.3. The minimum Gasteiger partial charge on any atom is -0.386 e. The van der Waals surface area contributed by atoms with Crippen molar-refractivity contribution in [2.75, 3.05) is 0 Å². The molecule has 1 aromatic carbocycles. The number of hydrogen-bond acceptors (Lipinski definition) is 3. The number of carbonyl (C=O) groups is 2. The van der Waals surface area contributed by atoms with Gasteiger partial charge in [0.15, 0.2) is 0 Å². The fourth-order valence-electron chi connectivity index (χ4n) is 3.55. The summed E-state index contributed by atoms with van der Waals surface area (Å²) in [6, 6.07) is 10.4. The number of hydrogen-bond donors (Lipinski definition) is 0. The monoisotopic (exact) mass is 349 g/mol. The molecule has 0 amide bonds. The molecule has 1 aromatic heterocycles. The van der Waals surface area contributed by atoms with Gasteiger partial charge in [0.25, 0.3) is 0 Å². The number of aromatic nitrogens is 1. The fourth-order valence-corrected chi connectivity index (χ4v) is 3.55. The molecule has 0 spiro atoms. The molecule has 0 bridgehead atoms. The van der Waals surface area contributed by atoms with E-state index in [4.69, 9.17) is 4.74 Å². The van der Waals surface area contributed by atoms with Crippen LogP contribution in [0.3, 0.4) is 0 Å². The van der Waals surface area contributed by atoms with E-state index in [1.807, 2.05) is 34.6 Å². The highest BCUT2D eigenvalue weighted by Crippen LogP contribution is 2.35. The summed E-state index contributed by atoms with van der Waals surface area (Å²) >= 11 is 0. The number of benzene rings is 1. The molecular formula is C22H23NO3. The lowest BCUT2D eigenvalue weighted by atomic mass is 9.95. The molecule has 4 heteroatoms. The summed E-state index contributed by atoms with van der Waals surface area (Å²) in [6.07, 6.45) is 0. The third kappa shape index (κ3) is 2.81. The molecule has 0 unspecified atom stereocenters. The molecule has 0 radical (unpaired) electrons. The highest BCUT2D eigenvalue weighted by Gasteiger charge is 2.36. The molecule has 2 aromatic rings. The summed E-state index contributed by atoms with van der Waals surface area (Å²) in [5.41, 5.74) is 7.62. The second-order valence-electron chi connectivity index (χ2n) is 7.01. The van der Waals surface area contributed by atoms with E-state index in [1.54, 1.807) is 0 Å². The van der Waals surface area contributed by atoms with Gasteiger partial charge in [0.05, 0.1) is 11.1 Å². The van der Waals surface area contributed by atoms with Gasteiger partial charge >= 0.3 is 11.9 Å². The standard InChI is InChI=1S/C22H23NO3/c1-12(2)19-20(22(25)26-21(19)24)15(5)18-11-14(4)23(16(18)6)17-9-7-13(3)8-10-17/h7-11H,1-6H3/b20-15-. The van der Waals surface area contributed by atoms with Gasteiger partial charge in [0.2, 0.25) is 0 Å². The van der Waals surface area contributed by atoms with E-state index in [2.05, 4.69) is 41.8 Å². The highest BCUT2D eigenvalue weighted by atomic mass is 16.6. The van der Waals surface area contributed by atoms with Crippen LogP contribution < -0.4 is 0 Å². The first kappa shape index (κ1) is 17.9. The van der Waals surface area contributed by atoms with E-state index in [9.17, 15) is 9.59 Å². The Balaban J connectivity index is 2.21. The van der Waals surface area contributed by atoms with Crippen molar-refractivity contribution >= 4 is 17.5 Å². The molecule has 0 aliphatic carbocycles. The summed E-state index contributed by atoms with van der Waals surface area (Å²) < 4.78 is 7.02. The van der Waals surface area contributed by atoms with Gasteiger partial charge in [-0.2, -0.15) is 0 Å². The Morgan fingerprint density at radius 3 is 2.04 bits per heavy atom. The lowest BCUT2D eigenvalue weighted by Gasteiger charge is -2.11. The predicted octanol–water partition coefficient (Wildman–Crippen LogP) is 4.60. The largest absolute Gasteiger partial charge is 0.386 e. The van der Waals surface area contributed by atoms with Gasteiger partial charge in [-0.1, -0.05) is 23.3 Å². The predicted molar refractivity (Wildman–Crippen MR) is 102 cm³/mol. The summed E-state index contributed by atoms with van der Waals surface area (Å²) in [7, 11) is 0. The Hall–Kier alpha value is -2.88. The zero-order chi connectivity index (χ0) is 19.2. The minimum atomic E-state index is -0.566. The molecular weight excluding hydrogens is 326 g/mol. The van der Waals surface area contributed by atoms with Gasteiger partial charge in [-0.05, 0) is 70.9 Å². The molecule has 1 aliphatic rings. The first-order valence-corrected chi connectivity index (χ1v) is 8.64. The first-order chi connectivity index (χ1) is 12.2. The number of allylic oxidation sites excluding steroid dienone is 2. The highest BCUT2D eigenvalue weighted by molar-refractivity contribution is 6.22. The van der Waals surface area contributed by atoms with Gasteiger partial charge in [0.1, 0.15) is 0 Å². The maximum atomic E-state index is 12.3. The SMILES string of the molecule is CC(C)=C1C(=O)OC(=O)/C1=C(/C)c1cc(C)n(-c2ccc(C)cc2)c1C. The van der Waals surface area contributed by atoms with Crippen LogP contribution in [0.5, 0.6) is 0 Å². The van der Waals surface area contributed by atoms with Crippen molar-refractivity contribution in [1.29, 1.82) is 0 Å². The molecule has 1 aliphatic heterocycles. The minimum absolute atomic E-state index is 0.374. The van der Waals surface area contributed by atoms with E-state index >= 15 is 0 Å². The average Bonchev–Trinajstić information content (AvgIpc) is 3.03. The molecule has 0 N–H and O–H groups in total. The van der Waals surface area contributed by atoms with Gasteiger partial charge in [-0.25, -0.2) is 9.59 Å². The fraction of sp³-hybridized carbons (Fsp3) is 0.273. The smallest absolute Gasteiger partial charge is 0.347 e. The Morgan fingerprint density at radius 1 is 0.885 bits per heavy atom. The van der Waals surface area contributed by atoms with Crippen LogP contribution in [0.4, 0.5) is 0 Å². The van der Waals surface area contributed by atoms with Crippen LogP contribution in [0.1, 0.15) is 43.3 Å². The van der Waals surface area contributed by atoms with Crippen LogP contribution in [-0.2, 0) is 14.3 Å². The van der Waals surface area contributed by atoms with Crippen LogP contribution >= 0.6 is 0 Å². The van der Waals surface area contributed by atoms with E-state index in [-0.39, 0.29) is 0 Å². The van der Waals surface area contributed by atoms with Crippen molar-refractivity contribution in [3.05, 3.63) is 69.6 Å². The number of carbonyl (C=O) groups excluding carboxylic acids is 2. The summed E-state index contributed by atoms with van der Waals surface area (Å²) in [5, 5.41) is 0. The number of ether oxygens (including phenoxy) is 1. The van der Waals surface area contributed by atoms with Crippen molar-refractivity contribution in [1.82, 2.24) is 4.57 Å². The topological polar surface area (TPSA) is 48.3 Å². The van der Waals surface area contributed by atoms with Crippen molar-refractivity contribution in [3.63, 3.8) is 0 Å². The molecule has 3 rings (SSSR count). The second-order valence-corrected chi connectivity index (χ2v) is 7.01.